The largest absolute Gasteiger partial charge is 0.448 e. The van der Waals surface area contributed by atoms with Gasteiger partial charge in [0.1, 0.15) is 5.60 Å². The molecule has 1 fully saturated rings. The van der Waals surface area contributed by atoms with Gasteiger partial charge in [-0.25, -0.2) is 9.59 Å². The third kappa shape index (κ3) is 4.03. The fraction of sp³-hybridized carbons (Fsp3) is 0.818. The van der Waals surface area contributed by atoms with E-state index in [-0.39, 0.29) is 6.07 Å². The van der Waals surface area contributed by atoms with Gasteiger partial charge < -0.3 is 20.1 Å². The van der Waals surface area contributed by atoms with Crippen LogP contribution < -0.4 is 10.6 Å². The number of ether oxygens (including phenoxy) is 2. The van der Waals surface area contributed by atoms with Gasteiger partial charge in [-0.2, -0.15) is 0 Å². The number of rotatable bonds is 3. The summed E-state index contributed by atoms with van der Waals surface area (Å²) in [6, 6.07) is -0.240. The highest BCUT2D eigenvalue weighted by Crippen LogP contribution is 2.18. The molecular formula is C11H19ClN2O4. The molecule has 0 saturated carbocycles. The van der Waals surface area contributed by atoms with Gasteiger partial charge in [0.2, 0.25) is 0 Å². The number of nitrogens with one attached hydrogen (secondary N) is 2. The Bertz CT molecular complexity index is 321. The van der Waals surface area contributed by atoms with Crippen LogP contribution in [0, 0.1) is 0 Å². The van der Waals surface area contributed by atoms with Gasteiger partial charge in [-0.3, -0.25) is 0 Å². The van der Waals surface area contributed by atoms with Crippen molar-refractivity contribution < 1.29 is 19.1 Å². The van der Waals surface area contributed by atoms with E-state index in [9.17, 15) is 9.59 Å². The molecule has 1 unspecified atom stereocenters. The van der Waals surface area contributed by atoms with E-state index in [4.69, 9.17) is 21.1 Å². The number of alkyl carbamates (subject to hydrolysis) is 1. The molecule has 0 aromatic heterocycles. The Balaban J connectivity index is 2.69. The SMILES string of the molecule is CC(C)(C)OC(=O)NC1(C(=O)OCCl)CCNC1. The molecule has 0 spiro atoms. The summed E-state index contributed by atoms with van der Waals surface area (Å²) in [5, 5.41) is 5.58. The topological polar surface area (TPSA) is 76.7 Å². The van der Waals surface area contributed by atoms with Gasteiger partial charge in [0.05, 0.1) is 0 Å². The van der Waals surface area contributed by atoms with Crippen molar-refractivity contribution in [2.24, 2.45) is 0 Å². The molecule has 1 aliphatic rings. The first-order valence-corrected chi connectivity index (χ1v) is 6.28. The van der Waals surface area contributed by atoms with Gasteiger partial charge in [-0.15, -0.1) is 0 Å². The normalized spacial score (nSPS) is 23.6. The molecule has 1 heterocycles. The van der Waals surface area contributed by atoms with Crippen molar-refractivity contribution in [3.63, 3.8) is 0 Å². The van der Waals surface area contributed by atoms with E-state index >= 15 is 0 Å². The Morgan fingerprint density at radius 3 is 2.56 bits per heavy atom. The smallest absolute Gasteiger partial charge is 0.408 e. The summed E-state index contributed by atoms with van der Waals surface area (Å²) in [6.07, 6.45) is -0.195. The molecule has 1 aliphatic heterocycles. The number of carbonyl (C=O) groups excluding carboxylic acids is 2. The minimum atomic E-state index is -1.09. The summed E-state index contributed by atoms with van der Waals surface area (Å²) in [6.45, 7) is 6.19. The zero-order valence-electron chi connectivity index (χ0n) is 10.8. The molecule has 0 radical (unpaired) electrons. The van der Waals surface area contributed by atoms with Crippen molar-refractivity contribution in [1.82, 2.24) is 10.6 Å². The van der Waals surface area contributed by atoms with E-state index in [0.717, 1.165) is 0 Å². The number of carbonyl (C=O) groups is 2. The average Bonchev–Trinajstić information content (AvgIpc) is 2.64. The predicted molar refractivity (Wildman–Crippen MR) is 66.4 cm³/mol. The molecule has 0 aliphatic carbocycles. The van der Waals surface area contributed by atoms with Crippen molar-refractivity contribution >= 4 is 23.7 Å². The van der Waals surface area contributed by atoms with Crippen molar-refractivity contribution in [1.29, 1.82) is 0 Å². The van der Waals surface area contributed by atoms with Gasteiger partial charge in [0, 0.05) is 6.54 Å². The van der Waals surface area contributed by atoms with Crippen molar-refractivity contribution in [3.8, 4) is 0 Å². The van der Waals surface area contributed by atoms with Gasteiger partial charge in [0.25, 0.3) is 0 Å². The van der Waals surface area contributed by atoms with Crippen LogP contribution in [0.2, 0.25) is 0 Å². The maximum absolute atomic E-state index is 11.9. The minimum absolute atomic E-state index is 0.240. The van der Waals surface area contributed by atoms with E-state index in [1.807, 2.05) is 0 Å². The van der Waals surface area contributed by atoms with E-state index in [2.05, 4.69) is 10.6 Å². The number of amides is 1. The fourth-order valence-electron chi connectivity index (χ4n) is 1.71. The van der Waals surface area contributed by atoms with Crippen LogP contribution in [-0.4, -0.2) is 42.4 Å². The quantitative estimate of drug-likeness (QED) is 0.594. The molecule has 1 saturated heterocycles. The zero-order valence-corrected chi connectivity index (χ0v) is 11.6. The third-order valence-electron chi connectivity index (χ3n) is 2.47. The molecule has 0 aromatic carbocycles. The molecule has 7 heteroatoms. The van der Waals surface area contributed by atoms with Crippen molar-refractivity contribution in [2.75, 3.05) is 19.2 Å². The van der Waals surface area contributed by atoms with Crippen LogP contribution in [0.5, 0.6) is 0 Å². The highest BCUT2D eigenvalue weighted by Gasteiger charge is 2.45. The summed E-state index contributed by atoms with van der Waals surface area (Å²) in [5.74, 6) is -0.548. The zero-order chi connectivity index (χ0) is 13.8. The monoisotopic (exact) mass is 278 g/mol. The van der Waals surface area contributed by atoms with Gasteiger partial charge in [-0.1, -0.05) is 11.6 Å². The lowest BCUT2D eigenvalue weighted by Crippen LogP contribution is -2.57. The van der Waals surface area contributed by atoms with Gasteiger partial charge >= 0.3 is 12.1 Å². The van der Waals surface area contributed by atoms with E-state index in [0.29, 0.717) is 19.5 Å². The molecule has 1 atom stereocenters. The lowest BCUT2D eigenvalue weighted by atomic mass is 9.99. The molecule has 0 aromatic rings. The van der Waals surface area contributed by atoms with Gasteiger partial charge in [0.15, 0.2) is 11.6 Å². The summed E-state index contributed by atoms with van der Waals surface area (Å²) in [7, 11) is 0. The number of esters is 1. The van der Waals surface area contributed by atoms with Crippen LogP contribution >= 0.6 is 11.6 Å². The van der Waals surface area contributed by atoms with Crippen molar-refractivity contribution in [3.05, 3.63) is 0 Å². The number of alkyl halides is 1. The van der Waals surface area contributed by atoms with E-state index in [1.54, 1.807) is 20.8 Å². The van der Waals surface area contributed by atoms with E-state index < -0.39 is 23.2 Å². The minimum Gasteiger partial charge on any atom is -0.448 e. The molecular weight excluding hydrogens is 260 g/mol. The van der Waals surface area contributed by atoms with Gasteiger partial charge in [-0.05, 0) is 33.7 Å². The molecule has 0 bridgehead atoms. The Hall–Kier alpha value is -1.01. The Kier molecular flexibility index (Phi) is 4.81. The van der Waals surface area contributed by atoms with Crippen molar-refractivity contribution in [2.45, 2.75) is 38.3 Å². The highest BCUT2D eigenvalue weighted by atomic mass is 35.5. The number of hydrogen-bond donors (Lipinski definition) is 2. The maximum Gasteiger partial charge on any atom is 0.408 e. The standard InChI is InChI=1S/C11H19ClN2O4/c1-10(2,3)18-9(16)14-11(4-5-13-6-11)8(15)17-7-12/h13H,4-7H2,1-3H3,(H,14,16). The molecule has 18 heavy (non-hydrogen) atoms. The average molecular weight is 279 g/mol. The maximum atomic E-state index is 11.9. The van der Waals surface area contributed by atoms with Crippen LogP contribution in [0.3, 0.4) is 0 Å². The summed E-state index contributed by atoms with van der Waals surface area (Å²) in [5.41, 5.74) is -1.70. The summed E-state index contributed by atoms with van der Waals surface area (Å²) >= 11 is 5.37. The molecule has 6 nitrogen and oxygen atoms in total. The number of halogens is 1. The predicted octanol–water partition coefficient (Wildman–Crippen LogP) is 0.983. The Morgan fingerprint density at radius 1 is 1.44 bits per heavy atom. The molecule has 1 rings (SSSR count). The van der Waals surface area contributed by atoms with Crippen LogP contribution in [-0.2, 0) is 14.3 Å². The second-order valence-electron chi connectivity index (χ2n) is 5.18. The lowest BCUT2D eigenvalue weighted by molar-refractivity contribution is -0.148. The Morgan fingerprint density at radius 2 is 2.11 bits per heavy atom. The third-order valence-corrected chi connectivity index (χ3v) is 2.58. The highest BCUT2D eigenvalue weighted by molar-refractivity contribution is 6.17. The fourth-order valence-corrected chi connectivity index (χ4v) is 1.81. The van der Waals surface area contributed by atoms with Crippen LogP contribution in [0.1, 0.15) is 27.2 Å². The first-order valence-electron chi connectivity index (χ1n) is 5.74. The first-order chi connectivity index (χ1) is 8.29. The summed E-state index contributed by atoms with van der Waals surface area (Å²) in [4.78, 5) is 23.6. The lowest BCUT2D eigenvalue weighted by Gasteiger charge is -2.28. The molecule has 104 valence electrons. The van der Waals surface area contributed by atoms with E-state index in [1.165, 1.54) is 0 Å². The molecule has 2 N–H and O–H groups in total. The first kappa shape index (κ1) is 15.0. The molecule has 1 amide bonds. The Labute approximate surface area is 111 Å². The summed E-state index contributed by atoms with van der Waals surface area (Å²) < 4.78 is 9.91. The van der Waals surface area contributed by atoms with Crippen LogP contribution in [0.25, 0.3) is 0 Å². The second-order valence-corrected chi connectivity index (χ2v) is 5.39. The second kappa shape index (κ2) is 5.75. The number of hydrogen-bond acceptors (Lipinski definition) is 5. The van der Waals surface area contributed by atoms with Crippen LogP contribution in [0.4, 0.5) is 4.79 Å². The van der Waals surface area contributed by atoms with Crippen LogP contribution in [0.15, 0.2) is 0 Å².